The van der Waals surface area contributed by atoms with Crippen LogP contribution in [-0.2, 0) is 4.79 Å². The Labute approximate surface area is 215 Å². The van der Waals surface area contributed by atoms with Gasteiger partial charge in [0.15, 0.2) is 0 Å². The summed E-state index contributed by atoms with van der Waals surface area (Å²) in [5.74, 6) is 0.493. The van der Waals surface area contributed by atoms with E-state index >= 15 is 0 Å². The first-order valence-electron chi connectivity index (χ1n) is 15.9. The molecule has 204 valence electrons. The number of rotatable bonds is 29. The summed E-state index contributed by atoms with van der Waals surface area (Å²) in [5.41, 5.74) is 0. The molecule has 0 aliphatic heterocycles. The van der Waals surface area contributed by atoms with Crippen molar-refractivity contribution in [3.05, 3.63) is 0 Å². The highest BCUT2D eigenvalue weighted by Gasteiger charge is 2.04. The molecule has 0 saturated heterocycles. The third kappa shape index (κ3) is 27.9. The minimum atomic E-state index is -0.0441. The molecule has 34 heavy (non-hydrogen) atoms. The van der Waals surface area contributed by atoms with E-state index in [9.17, 15) is 9.90 Å². The van der Waals surface area contributed by atoms with Crippen molar-refractivity contribution in [1.29, 1.82) is 0 Å². The number of hydrogen-bond acceptors (Lipinski definition) is 2. The third-order valence-corrected chi connectivity index (χ3v) is 7.44. The largest absolute Gasteiger partial charge is 0.393 e. The fraction of sp³-hybridized carbons (Fsp3) is 0.969. The maximum atomic E-state index is 11.7. The van der Waals surface area contributed by atoms with Gasteiger partial charge in [0.2, 0.25) is 0 Å². The number of carbonyl (C=O) groups excluding carboxylic acids is 1. The lowest BCUT2D eigenvalue weighted by atomic mass is 10.0. The van der Waals surface area contributed by atoms with Crippen LogP contribution in [0.4, 0.5) is 0 Å². The molecule has 0 rings (SSSR count). The summed E-state index contributed by atoms with van der Waals surface area (Å²) in [6.45, 7) is 4.45. The van der Waals surface area contributed by atoms with Gasteiger partial charge in [0, 0.05) is 12.8 Å². The number of ketones is 1. The van der Waals surface area contributed by atoms with Crippen molar-refractivity contribution in [1.82, 2.24) is 0 Å². The molecule has 0 aromatic carbocycles. The minimum absolute atomic E-state index is 0.0441. The molecule has 0 aromatic heterocycles. The molecule has 0 fully saturated rings. The molecule has 0 saturated carbocycles. The zero-order valence-corrected chi connectivity index (χ0v) is 23.7. The standard InChI is InChI=1S/C32H64O2/c1-3-5-7-20-24-28-32(34)30-26-22-19-17-15-13-11-9-8-10-12-14-16-18-21-25-29-31(33)27-23-6-4-2/h32,34H,3-30H2,1-2H3/t32-/m0/s1. The van der Waals surface area contributed by atoms with Crippen LogP contribution >= 0.6 is 0 Å². The van der Waals surface area contributed by atoms with Gasteiger partial charge in [0.05, 0.1) is 6.10 Å². The second kappa shape index (κ2) is 28.9. The first kappa shape index (κ1) is 33.6. The lowest BCUT2D eigenvalue weighted by molar-refractivity contribution is -0.119. The second-order valence-corrected chi connectivity index (χ2v) is 11.0. The van der Waals surface area contributed by atoms with Crippen molar-refractivity contribution in [2.24, 2.45) is 0 Å². The van der Waals surface area contributed by atoms with Gasteiger partial charge in [-0.15, -0.1) is 0 Å². The molecule has 1 atom stereocenters. The Bertz CT molecular complexity index is 392. The predicted molar refractivity (Wildman–Crippen MR) is 152 cm³/mol. The van der Waals surface area contributed by atoms with Crippen LogP contribution in [-0.4, -0.2) is 17.0 Å². The van der Waals surface area contributed by atoms with E-state index in [1.807, 2.05) is 0 Å². The number of Topliss-reactive ketones (excluding diaryl/α,β-unsaturated/α-hetero) is 1. The van der Waals surface area contributed by atoms with Crippen molar-refractivity contribution in [3.8, 4) is 0 Å². The van der Waals surface area contributed by atoms with Crippen LogP contribution in [0.25, 0.3) is 0 Å². The first-order valence-corrected chi connectivity index (χ1v) is 15.9. The summed E-state index contributed by atoms with van der Waals surface area (Å²) in [6.07, 6.45) is 35.2. The molecule has 0 bridgehead atoms. The SMILES string of the molecule is CCCCCCC[C@H](O)CCCCCCCCCCCCCCCCCCC(=O)CCCCC. The van der Waals surface area contributed by atoms with Gasteiger partial charge >= 0.3 is 0 Å². The Morgan fingerprint density at radius 1 is 0.441 bits per heavy atom. The minimum Gasteiger partial charge on any atom is -0.393 e. The number of carbonyl (C=O) groups is 1. The lowest BCUT2D eigenvalue weighted by Gasteiger charge is -2.10. The molecule has 0 amide bonds. The Hall–Kier alpha value is -0.370. The van der Waals surface area contributed by atoms with E-state index in [1.165, 1.54) is 141 Å². The van der Waals surface area contributed by atoms with E-state index in [0.29, 0.717) is 5.78 Å². The number of aliphatic hydroxyl groups excluding tert-OH is 1. The molecule has 0 spiro atoms. The van der Waals surface area contributed by atoms with E-state index in [4.69, 9.17) is 0 Å². The van der Waals surface area contributed by atoms with Crippen LogP contribution < -0.4 is 0 Å². The number of aliphatic hydroxyl groups is 1. The summed E-state index contributed by atoms with van der Waals surface area (Å²) in [7, 11) is 0. The third-order valence-electron chi connectivity index (χ3n) is 7.44. The monoisotopic (exact) mass is 480 g/mol. The Morgan fingerprint density at radius 3 is 1.09 bits per heavy atom. The molecular weight excluding hydrogens is 416 g/mol. The number of hydrogen-bond donors (Lipinski definition) is 1. The first-order chi connectivity index (χ1) is 16.7. The maximum Gasteiger partial charge on any atom is 0.132 e. The quantitative estimate of drug-likeness (QED) is 0.108. The molecule has 0 aliphatic rings. The van der Waals surface area contributed by atoms with Crippen molar-refractivity contribution in [3.63, 3.8) is 0 Å². The van der Waals surface area contributed by atoms with Gasteiger partial charge in [0.25, 0.3) is 0 Å². The Morgan fingerprint density at radius 2 is 0.706 bits per heavy atom. The van der Waals surface area contributed by atoms with Crippen LogP contribution in [0, 0.1) is 0 Å². The fourth-order valence-corrected chi connectivity index (χ4v) is 5.00. The average Bonchev–Trinajstić information content (AvgIpc) is 2.83. The van der Waals surface area contributed by atoms with Crippen LogP contribution in [0.15, 0.2) is 0 Å². The summed E-state index contributed by atoms with van der Waals surface area (Å²) >= 11 is 0. The zero-order valence-electron chi connectivity index (χ0n) is 23.7. The predicted octanol–water partition coefficient (Wildman–Crippen LogP) is 10.9. The summed E-state index contributed by atoms with van der Waals surface area (Å²) < 4.78 is 0. The van der Waals surface area contributed by atoms with E-state index in [0.717, 1.165) is 38.5 Å². The second-order valence-electron chi connectivity index (χ2n) is 11.0. The summed E-state index contributed by atoms with van der Waals surface area (Å²) in [6, 6.07) is 0. The highest BCUT2D eigenvalue weighted by molar-refractivity contribution is 5.78. The molecular formula is C32H64O2. The van der Waals surface area contributed by atoms with Gasteiger partial charge in [-0.1, -0.05) is 155 Å². The van der Waals surface area contributed by atoms with Crippen molar-refractivity contribution >= 4 is 5.78 Å². The Kier molecular flexibility index (Phi) is 28.6. The summed E-state index contributed by atoms with van der Waals surface area (Å²) in [5, 5.41) is 10.1. The molecule has 2 nitrogen and oxygen atoms in total. The smallest absolute Gasteiger partial charge is 0.132 e. The topological polar surface area (TPSA) is 37.3 Å². The van der Waals surface area contributed by atoms with Crippen molar-refractivity contribution in [2.75, 3.05) is 0 Å². The van der Waals surface area contributed by atoms with Gasteiger partial charge in [-0.05, 0) is 25.7 Å². The average molecular weight is 481 g/mol. The van der Waals surface area contributed by atoms with Crippen molar-refractivity contribution in [2.45, 2.75) is 200 Å². The molecule has 1 N–H and O–H groups in total. The molecule has 0 aliphatic carbocycles. The molecule has 0 radical (unpaired) electrons. The zero-order chi connectivity index (χ0) is 25.0. The van der Waals surface area contributed by atoms with E-state index in [1.54, 1.807) is 0 Å². The van der Waals surface area contributed by atoms with Gasteiger partial charge in [0.1, 0.15) is 5.78 Å². The van der Waals surface area contributed by atoms with Crippen molar-refractivity contribution < 1.29 is 9.90 Å². The molecule has 0 unspecified atom stereocenters. The fourth-order valence-electron chi connectivity index (χ4n) is 5.00. The highest BCUT2D eigenvalue weighted by atomic mass is 16.3. The van der Waals surface area contributed by atoms with E-state index in [-0.39, 0.29) is 6.10 Å². The van der Waals surface area contributed by atoms with Gasteiger partial charge in [-0.25, -0.2) is 0 Å². The molecule has 0 heterocycles. The van der Waals surface area contributed by atoms with Gasteiger partial charge in [-0.2, -0.15) is 0 Å². The van der Waals surface area contributed by atoms with Crippen LogP contribution in [0.1, 0.15) is 194 Å². The van der Waals surface area contributed by atoms with Crippen LogP contribution in [0.5, 0.6) is 0 Å². The lowest BCUT2D eigenvalue weighted by Crippen LogP contribution is -2.05. The van der Waals surface area contributed by atoms with Crippen LogP contribution in [0.2, 0.25) is 0 Å². The molecule has 2 heteroatoms. The Balaban J connectivity index is 3.14. The van der Waals surface area contributed by atoms with E-state index in [2.05, 4.69) is 13.8 Å². The normalized spacial score (nSPS) is 12.3. The molecule has 0 aromatic rings. The van der Waals surface area contributed by atoms with Gasteiger partial charge in [-0.3, -0.25) is 4.79 Å². The van der Waals surface area contributed by atoms with Gasteiger partial charge < -0.3 is 5.11 Å². The highest BCUT2D eigenvalue weighted by Crippen LogP contribution is 2.16. The number of unbranched alkanes of at least 4 members (excludes halogenated alkanes) is 21. The van der Waals surface area contributed by atoms with E-state index < -0.39 is 0 Å². The maximum absolute atomic E-state index is 11.7. The van der Waals surface area contributed by atoms with Crippen LogP contribution in [0.3, 0.4) is 0 Å². The summed E-state index contributed by atoms with van der Waals surface area (Å²) in [4.78, 5) is 11.7.